The number of phenols is 1. The lowest BCUT2D eigenvalue weighted by atomic mass is 9.93. The van der Waals surface area contributed by atoms with E-state index in [-0.39, 0.29) is 0 Å². The predicted molar refractivity (Wildman–Crippen MR) is 101 cm³/mol. The van der Waals surface area contributed by atoms with Crippen molar-refractivity contribution in [1.82, 2.24) is 4.90 Å². The molecule has 26 heavy (non-hydrogen) atoms. The molecule has 0 radical (unpaired) electrons. The molecule has 1 aliphatic rings. The summed E-state index contributed by atoms with van der Waals surface area (Å²) in [5.41, 5.74) is 4.85. The minimum Gasteiger partial charge on any atom is -0.508 e. The number of rotatable bonds is 4. The lowest BCUT2D eigenvalue weighted by molar-refractivity contribution is 0.314. The van der Waals surface area contributed by atoms with Gasteiger partial charge in [0, 0.05) is 36.0 Å². The van der Waals surface area contributed by atoms with Crippen molar-refractivity contribution in [2.24, 2.45) is 0 Å². The molecule has 2 aromatic carbocycles. The summed E-state index contributed by atoms with van der Waals surface area (Å²) in [6, 6.07) is 13.5. The summed E-state index contributed by atoms with van der Waals surface area (Å²) < 4.78 is 6.05. The molecule has 1 aromatic heterocycles. The molecular formula is C22H22N2O2. The van der Waals surface area contributed by atoms with Crippen molar-refractivity contribution in [2.45, 2.75) is 38.8 Å². The number of phenolic OH excluding ortho intramolecular Hbond substituents is 1. The highest BCUT2D eigenvalue weighted by Gasteiger charge is 2.22. The van der Waals surface area contributed by atoms with E-state index in [4.69, 9.17) is 9.68 Å². The molecule has 3 aromatic rings. The van der Waals surface area contributed by atoms with Gasteiger partial charge in [0.15, 0.2) is 0 Å². The average Bonchev–Trinajstić information content (AvgIpc) is 3.03. The Labute approximate surface area is 153 Å². The molecule has 4 heteroatoms. The van der Waals surface area contributed by atoms with Crippen LogP contribution in [0, 0.1) is 11.3 Å². The number of aromatic hydroxyl groups is 1. The van der Waals surface area contributed by atoms with Crippen LogP contribution < -0.4 is 0 Å². The number of hydrogen-bond acceptors (Lipinski definition) is 4. The Kier molecular flexibility index (Phi) is 4.40. The van der Waals surface area contributed by atoms with Gasteiger partial charge in [-0.05, 0) is 56.1 Å². The van der Waals surface area contributed by atoms with Gasteiger partial charge in [0.05, 0.1) is 11.6 Å². The number of fused-ring (bicyclic) bond motifs is 3. The van der Waals surface area contributed by atoms with Gasteiger partial charge in [-0.2, -0.15) is 5.26 Å². The molecule has 4 nitrogen and oxygen atoms in total. The number of aryl methyl sites for hydroxylation is 2. The number of benzene rings is 2. The van der Waals surface area contributed by atoms with Crippen LogP contribution in [0.4, 0.5) is 0 Å². The van der Waals surface area contributed by atoms with Crippen molar-refractivity contribution in [3.05, 3.63) is 64.4 Å². The second-order valence-electron chi connectivity index (χ2n) is 7.13. The summed E-state index contributed by atoms with van der Waals surface area (Å²) in [5.74, 6) is 1.41. The van der Waals surface area contributed by atoms with Crippen LogP contribution in [0.3, 0.4) is 0 Å². The van der Waals surface area contributed by atoms with E-state index in [1.54, 1.807) is 6.07 Å². The van der Waals surface area contributed by atoms with Gasteiger partial charge in [-0.25, -0.2) is 0 Å². The molecule has 132 valence electrons. The maximum Gasteiger partial charge on any atom is 0.135 e. The van der Waals surface area contributed by atoms with Crippen molar-refractivity contribution >= 4 is 11.0 Å². The summed E-state index contributed by atoms with van der Waals surface area (Å²) in [6.07, 6.45) is 4.35. The molecule has 0 spiro atoms. The Bertz CT molecular complexity index is 997. The third-order valence-corrected chi connectivity index (χ3v) is 5.14. The Morgan fingerprint density at radius 1 is 1.15 bits per heavy atom. The minimum atomic E-state index is 0.323. The molecule has 1 aliphatic carbocycles. The molecule has 0 fully saturated rings. The van der Waals surface area contributed by atoms with Gasteiger partial charge in [-0.3, -0.25) is 4.90 Å². The third-order valence-electron chi connectivity index (χ3n) is 5.14. The number of furan rings is 1. The van der Waals surface area contributed by atoms with Gasteiger partial charge in [0.25, 0.3) is 0 Å². The van der Waals surface area contributed by atoms with Crippen LogP contribution in [0.15, 0.2) is 40.8 Å². The van der Waals surface area contributed by atoms with Crippen molar-refractivity contribution in [3.63, 3.8) is 0 Å². The van der Waals surface area contributed by atoms with Crippen molar-refractivity contribution in [1.29, 1.82) is 5.26 Å². The van der Waals surface area contributed by atoms with Crippen LogP contribution in [-0.4, -0.2) is 17.1 Å². The molecule has 1 N–H and O–H groups in total. The normalized spacial score (nSPS) is 13.7. The van der Waals surface area contributed by atoms with Crippen LogP contribution >= 0.6 is 0 Å². The molecule has 0 amide bonds. The molecule has 0 saturated carbocycles. The molecule has 0 aliphatic heterocycles. The quantitative estimate of drug-likeness (QED) is 0.754. The first kappa shape index (κ1) is 16.7. The molecule has 0 bridgehead atoms. The summed E-state index contributed by atoms with van der Waals surface area (Å²) in [7, 11) is 2.03. The zero-order chi connectivity index (χ0) is 18.1. The van der Waals surface area contributed by atoms with Crippen LogP contribution in [0.25, 0.3) is 11.0 Å². The zero-order valence-corrected chi connectivity index (χ0v) is 15.0. The lowest BCUT2D eigenvalue weighted by Gasteiger charge is -2.19. The molecule has 1 heterocycles. The highest BCUT2D eigenvalue weighted by atomic mass is 16.3. The van der Waals surface area contributed by atoms with Crippen LogP contribution in [0.1, 0.15) is 40.9 Å². The first-order chi connectivity index (χ1) is 12.7. The number of nitrogens with zero attached hydrogens (tertiary/aromatic N) is 2. The third kappa shape index (κ3) is 3.07. The van der Waals surface area contributed by atoms with Gasteiger partial charge >= 0.3 is 0 Å². The average molecular weight is 346 g/mol. The SMILES string of the molecule is CN(Cc1cccc(C#N)c1)Cc1c(O)ccc2oc3c(c12)CCCC3. The summed E-state index contributed by atoms with van der Waals surface area (Å²) in [6.45, 7) is 1.34. The molecule has 0 atom stereocenters. The molecule has 4 rings (SSSR count). The fraction of sp³-hybridized carbons (Fsp3) is 0.318. The van der Waals surface area contributed by atoms with Gasteiger partial charge in [-0.1, -0.05) is 12.1 Å². The summed E-state index contributed by atoms with van der Waals surface area (Å²) >= 11 is 0. The van der Waals surface area contributed by atoms with Crippen LogP contribution in [0.5, 0.6) is 5.75 Å². The summed E-state index contributed by atoms with van der Waals surface area (Å²) in [5, 5.41) is 20.7. The van der Waals surface area contributed by atoms with Gasteiger partial charge in [-0.15, -0.1) is 0 Å². The van der Waals surface area contributed by atoms with E-state index in [0.717, 1.165) is 40.7 Å². The minimum absolute atomic E-state index is 0.323. The molecule has 0 unspecified atom stereocenters. The van der Waals surface area contributed by atoms with E-state index < -0.39 is 0 Å². The molecule has 0 saturated heterocycles. The maximum absolute atomic E-state index is 10.5. The van der Waals surface area contributed by atoms with Gasteiger partial charge in [0.2, 0.25) is 0 Å². The van der Waals surface area contributed by atoms with E-state index in [2.05, 4.69) is 11.0 Å². The molecular weight excluding hydrogens is 324 g/mol. The Hall–Kier alpha value is -2.77. The van der Waals surface area contributed by atoms with E-state index in [9.17, 15) is 5.11 Å². The van der Waals surface area contributed by atoms with E-state index in [0.29, 0.717) is 24.4 Å². The second kappa shape index (κ2) is 6.86. The lowest BCUT2D eigenvalue weighted by Crippen LogP contribution is -2.17. The van der Waals surface area contributed by atoms with E-state index in [1.807, 2.05) is 37.4 Å². The Morgan fingerprint density at radius 2 is 2.00 bits per heavy atom. The topological polar surface area (TPSA) is 60.4 Å². The van der Waals surface area contributed by atoms with Crippen molar-refractivity contribution in [2.75, 3.05) is 7.05 Å². The maximum atomic E-state index is 10.5. The predicted octanol–water partition coefficient (Wildman–Crippen LogP) is 4.52. The largest absolute Gasteiger partial charge is 0.508 e. The van der Waals surface area contributed by atoms with Crippen molar-refractivity contribution in [3.8, 4) is 11.8 Å². The van der Waals surface area contributed by atoms with Gasteiger partial charge in [0.1, 0.15) is 17.1 Å². The van der Waals surface area contributed by atoms with Crippen molar-refractivity contribution < 1.29 is 9.52 Å². The van der Waals surface area contributed by atoms with Gasteiger partial charge < -0.3 is 9.52 Å². The number of nitriles is 1. The zero-order valence-electron chi connectivity index (χ0n) is 15.0. The highest BCUT2D eigenvalue weighted by molar-refractivity contribution is 5.88. The fourth-order valence-electron chi connectivity index (χ4n) is 3.96. The number of hydrogen-bond donors (Lipinski definition) is 1. The first-order valence-electron chi connectivity index (χ1n) is 9.08. The van der Waals surface area contributed by atoms with Crippen LogP contribution in [0.2, 0.25) is 0 Å². The Morgan fingerprint density at radius 3 is 2.85 bits per heavy atom. The Balaban J connectivity index is 1.65. The highest BCUT2D eigenvalue weighted by Crippen LogP contribution is 2.38. The smallest absolute Gasteiger partial charge is 0.135 e. The van der Waals surface area contributed by atoms with E-state index >= 15 is 0 Å². The first-order valence-corrected chi connectivity index (χ1v) is 9.08. The van der Waals surface area contributed by atoms with Crippen LogP contribution in [-0.2, 0) is 25.9 Å². The second-order valence-corrected chi connectivity index (χ2v) is 7.13. The fourth-order valence-corrected chi connectivity index (χ4v) is 3.96. The summed E-state index contributed by atoms with van der Waals surface area (Å²) in [4.78, 5) is 2.16. The standard InChI is InChI=1S/C22H22N2O2/c1-24(13-16-6-4-5-15(11-16)12-23)14-18-19(25)9-10-21-22(18)17-7-2-3-8-20(17)26-21/h4-6,9-11,25H,2-3,7-8,13-14H2,1H3. The monoisotopic (exact) mass is 346 g/mol. The van der Waals surface area contributed by atoms with E-state index in [1.165, 1.54) is 18.4 Å².